The van der Waals surface area contributed by atoms with Gasteiger partial charge in [-0.3, -0.25) is 9.10 Å². The predicted molar refractivity (Wildman–Crippen MR) is 160 cm³/mol. The largest absolute Gasteiger partial charge is 0.492 e. The van der Waals surface area contributed by atoms with Crippen LogP contribution in [0.4, 0.5) is 5.69 Å². The van der Waals surface area contributed by atoms with Crippen LogP contribution in [0.25, 0.3) is 0 Å². The number of halogens is 2. The summed E-state index contributed by atoms with van der Waals surface area (Å²) in [6.45, 7) is 2.56. The third-order valence-corrected chi connectivity index (χ3v) is 11.0. The Morgan fingerprint density at radius 1 is 0.878 bits per heavy atom. The molecule has 1 N–H and O–H groups in total. The minimum atomic E-state index is -4.11. The fourth-order valence-corrected chi connectivity index (χ4v) is 7.52. The second-order valence-electron chi connectivity index (χ2n) is 9.56. The Morgan fingerprint density at radius 2 is 1.51 bits per heavy atom. The highest BCUT2D eigenvalue weighted by atomic mass is 35.5. The second kappa shape index (κ2) is 13.4. The molecule has 0 saturated carbocycles. The summed E-state index contributed by atoms with van der Waals surface area (Å²) >= 11 is 12.2. The number of carbonyl (C=O) groups is 1. The van der Waals surface area contributed by atoms with Crippen molar-refractivity contribution in [2.75, 3.05) is 37.1 Å². The number of ether oxygens (including phenoxy) is 1. The molecule has 4 rings (SSSR count). The van der Waals surface area contributed by atoms with Crippen LogP contribution in [0.1, 0.15) is 24.8 Å². The van der Waals surface area contributed by atoms with E-state index in [1.54, 1.807) is 24.3 Å². The molecule has 41 heavy (non-hydrogen) atoms. The van der Waals surface area contributed by atoms with Gasteiger partial charge >= 0.3 is 0 Å². The summed E-state index contributed by atoms with van der Waals surface area (Å²) in [6.07, 6.45) is 2.75. The first-order valence-electron chi connectivity index (χ1n) is 13.0. The molecular formula is C28H31Cl2N3O6S2. The standard InChI is InChI=1S/C28H31Cl2N3O6S2/c1-21-5-10-25(11-6-21)41(37,38)33(22-7-14-26(29)27(30)19-22)20-28(34)31-15-18-39-23-8-12-24(13-9-23)40(35,36)32-16-3-2-4-17-32/h5-14,19H,2-4,15-18,20H2,1H3,(H,31,34). The van der Waals surface area contributed by atoms with E-state index in [2.05, 4.69) is 5.32 Å². The van der Waals surface area contributed by atoms with Gasteiger partial charge in [-0.15, -0.1) is 0 Å². The zero-order valence-corrected chi connectivity index (χ0v) is 25.6. The van der Waals surface area contributed by atoms with E-state index in [1.165, 1.54) is 46.8 Å². The number of benzene rings is 3. The molecule has 1 amide bonds. The summed E-state index contributed by atoms with van der Waals surface area (Å²) in [7, 11) is -7.64. The van der Waals surface area contributed by atoms with Crippen LogP contribution in [0.5, 0.6) is 5.75 Å². The fraction of sp³-hybridized carbons (Fsp3) is 0.321. The van der Waals surface area contributed by atoms with Gasteiger partial charge in [-0.1, -0.05) is 47.3 Å². The topological polar surface area (TPSA) is 113 Å². The van der Waals surface area contributed by atoms with Crippen LogP contribution in [0.2, 0.25) is 10.0 Å². The average Bonchev–Trinajstić information content (AvgIpc) is 2.96. The second-order valence-corrected chi connectivity index (χ2v) is 14.2. The Balaban J connectivity index is 1.37. The van der Waals surface area contributed by atoms with Crippen molar-refractivity contribution in [3.8, 4) is 5.75 Å². The quantitative estimate of drug-likeness (QED) is 0.300. The molecule has 13 heteroatoms. The van der Waals surface area contributed by atoms with Gasteiger partial charge in [0.25, 0.3) is 10.0 Å². The van der Waals surface area contributed by atoms with Crippen molar-refractivity contribution in [2.45, 2.75) is 36.0 Å². The number of anilines is 1. The van der Waals surface area contributed by atoms with Crippen molar-refractivity contribution >= 4 is 54.8 Å². The molecule has 1 fully saturated rings. The molecule has 0 aromatic heterocycles. The van der Waals surface area contributed by atoms with Crippen LogP contribution in [0, 0.1) is 6.92 Å². The SMILES string of the molecule is Cc1ccc(S(=O)(=O)N(CC(=O)NCCOc2ccc(S(=O)(=O)N3CCCCC3)cc2)c2ccc(Cl)c(Cl)c2)cc1. The lowest BCUT2D eigenvalue weighted by Gasteiger charge is -2.25. The van der Waals surface area contributed by atoms with Crippen LogP contribution < -0.4 is 14.4 Å². The first kappa shape index (κ1) is 31.1. The van der Waals surface area contributed by atoms with Crippen molar-refractivity contribution < 1.29 is 26.4 Å². The minimum absolute atomic E-state index is 0.0241. The maximum absolute atomic E-state index is 13.5. The molecule has 0 atom stereocenters. The van der Waals surface area contributed by atoms with Gasteiger partial charge in [0.2, 0.25) is 15.9 Å². The number of amides is 1. The van der Waals surface area contributed by atoms with Gasteiger partial charge in [0.1, 0.15) is 18.9 Å². The van der Waals surface area contributed by atoms with Crippen LogP contribution in [0.3, 0.4) is 0 Å². The van der Waals surface area contributed by atoms with Crippen LogP contribution >= 0.6 is 23.2 Å². The minimum Gasteiger partial charge on any atom is -0.492 e. The number of hydrogen-bond acceptors (Lipinski definition) is 6. The highest BCUT2D eigenvalue weighted by Crippen LogP contribution is 2.30. The zero-order chi connectivity index (χ0) is 29.6. The van der Waals surface area contributed by atoms with E-state index in [0.29, 0.717) is 18.8 Å². The lowest BCUT2D eigenvalue weighted by atomic mass is 10.2. The Hall–Kier alpha value is -2.83. The summed E-state index contributed by atoms with van der Waals surface area (Å²) < 4.78 is 60.7. The van der Waals surface area contributed by atoms with Crippen molar-refractivity contribution in [3.63, 3.8) is 0 Å². The summed E-state index contributed by atoms with van der Waals surface area (Å²) in [6, 6.07) is 16.8. The van der Waals surface area contributed by atoms with E-state index >= 15 is 0 Å². The number of piperidine rings is 1. The van der Waals surface area contributed by atoms with Gasteiger partial charge in [-0.05, 0) is 74.4 Å². The van der Waals surface area contributed by atoms with Crippen LogP contribution in [-0.2, 0) is 24.8 Å². The number of carbonyl (C=O) groups excluding carboxylic acids is 1. The van der Waals surface area contributed by atoms with Gasteiger partial charge in [0.15, 0.2) is 0 Å². The zero-order valence-electron chi connectivity index (χ0n) is 22.4. The third kappa shape index (κ3) is 7.72. The molecule has 0 aliphatic carbocycles. The van der Waals surface area contributed by atoms with Gasteiger partial charge < -0.3 is 10.1 Å². The molecule has 3 aromatic rings. The van der Waals surface area contributed by atoms with E-state index in [-0.39, 0.29) is 38.7 Å². The average molecular weight is 641 g/mol. The normalized spacial score (nSPS) is 14.4. The number of nitrogens with zero attached hydrogens (tertiary/aromatic N) is 2. The lowest BCUT2D eigenvalue weighted by molar-refractivity contribution is -0.119. The van der Waals surface area contributed by atoms with Gasteiger partial charge in [0, 0.05) is 13.1 Å². The van der Waals surface area contributed by atoms with Gasteiger partial charge in [-0.25, -0.2) is 16.8 Å². The van der Waals surface area contributed by atoms with Crippen molar-refractivity contribution in [1.29, 1.82) is 0 Å². The molecule has 1 aliphatic heterocycles. The third-order valence-electron chi connectivity index (χ3n) is 6.56. The molecule has 9 nitrogen and oxygen atoms in total. The van der Waals surface area contributed by atoms with E-state index < -0.39 is 32.5 Å². The maximum atomic E-state index is 13.5. The van der Waals surface area contributed by atoms with Crippen LogP contribution in [-0.4, -0.2) is 59.8 Å². The number of sulfonamides is 2. The van der Waals surface area contributed by atoms with E-state index in [9.17, 15) is 21.6 Å². The monoisotopic (exact) mass is 639 g/mol. The first-order chi connectivity index (χ1) is 19.5. The smallest absolute Gasteiger partial charge is 0.264 e. The van der Waals surface area contributed by atoms with E-state index in [0.717, 1.165) is 29.1 Å². The van der Waals surface area contributed by atoms with Crippen molar-refractivity contribution in [3.05, 3.63) is 82.3 Å². The summed E-state index contributed by atoms with van der Waals surface area (Å²) in [5.41, 5.74) is 1.08. The molecule has 1 aliphatic rings. The molecule has 1 heterocycles. The Bertz CT molecular complexity index is 1580. The molecule has 0 spiro atoms. The number of hydrogen-bond donors (Lipinski definition) is 1. The lowest BCUT2D eigenvalue weighted by Crippen LogP contribution is -2.42. The van der Waals surface area contributed by atoms with Gasteiger partial charge in [-0.2, -0.15) is 4.31 Å². The molecule has 1 saturated heterocycles. The summed E-state index contributed by atoms with van der Waals surface area (Å²) in [4.78, 5) is 13.1. The molecule has 3 aromatic carbocycles. The maximum Gasteiger partial charge on any atom is 0.264 e. The van der Waals surface area contributed by atoms with E-state index in [4.69, 9.17) is 27.9 Å². The molecule has 0 radical (unpaired) electrons. The Kier molecular flexibility index (Phi) is 10.2. The van der Waals surface area contributed by atoms with Crippen LogP contribution in [0.15, 0.2) is 76.5 Å². The highest BCUT2D eigenvalue weighted by molar-refractivity contribution is 7.92. The molecular weight excluding hydrogens is 609 g/mol. The number of rotatable bonds is 11. The Labute approximate surface area is 251 Å². The summed E-state index contributed by atoms with van der Waals surface area (Å²) in [5, 5.41) is 3.06. The number of aryl methyl sites for hydroxylation is 1. The molecule has 220 valence electrons. The first-order valence-corrected chi connectivity index (χ1v) is 16.7. The molecule has 0 bridgehead atoms. The fourth-order valence-electron chi connectivity index (χ4n) is 4.30. The Morgan fingerprint density at radius 3 is 2.15 bits per heavy atom. The predicted octanol–water partition coefficient (Wildman–Crippen LogP) is 4.87. The number of nitrogens with one attached hydrogen (secondary N) is 1. The highest BCUT2D eigenvalue weighted by Gasteiger charge is 2.28. The van der Waals surface area contributed by atoms with Crippen molar-refractivity contribution in [1.82, 2.24) is 9.62 Å². The van der Waals surface area contributed by atoms with Crippen molar-refractivity contribution in [2.24, 2.45) is 0 Å². The van der Waals surface area contributed by atoms with Gasteiger partial charge in [0.05, 0.1) is 32.1 Å². The van der Waals surface area contributed by atoms with E-state index in [1.807, 2.05) is 6.92 Å². The molecule has 0 unspecified atom stereocenters. The summed E-state index contributed by atoms with van der Waals surface area (Å²) in [5.74, 6) is -0.116.